The molecular formula is C13H6ClF6N. The van der Waals surface area contributed by atoms with E-state index in [1.807, 2.05) is 0 Å². The molecule has 0 aliphatic rings. The Hall–Kier alpha value is -1.76. The first-order valence-electron chi connectivity index (χ1n) is 5.50. The van der Waals surface area contributed by atoms with Crippen LogP contribution < -0.4 is 0 Å². The van der Waals surface area contributed by atoms with Gasteiger partial charge in [0.15, 0.2) is 0 Å². The van der Waals surface area contributed by atoms with Gasteiger partial charge >= 0.3 is 12.4 Å². The van der Waals surface area contributed by atoms with Crippen LogP contribution in [0, 0.1) is 0 Å². The minimum absolute atomic E-state index is 0.0992. The number of hydrogen-bond acceptors (Lipinski definition) is 1. The fraction of sp³-hybridized carbons (Fsp3) is 0.154. The molecule has 112 valence electrons. The van der Waals surface area contributed by atoms with Crippen LogP contribution in [0.3, 0.4) is 0 Å². The summed E-state index contributed by atoms with van der Waals surface area (Å²) in [4.78, 5) is 3.64. The summed E-state index contributed by atoms with van der Waals surface area (Å²) in [7, 11) is 0. The molecule has 2 aromatic rings. The maximum absolute atomic E-state index is 12.7. The van der Waals surface area contributed by atoms with E-state index in [2.05, 4.69) is 4.98 Å². The van der Waals surface area contributed by atoms with Crippen molar-refractivity contribution in [3.8, 4) is 11.3 Å². The van der Waals surface area contributed by atoms with E-state index in [4.69, 9.17) is 11.6 Å². The Morgan fingerprint density at radius 3 is 2.00 bits per heavy atom. The molecule has 0 aliphatic heterocycles. The van der Waals surface area contributed by atoms with Crippen LogP contribution in [0.1, 0.15) is 11.1 Å². The first-order valence-corrected chi connectivity index (χ1v) is 5.87. The number of aromatic nitrogens is 1. The first kappa shape index (κ1) is 15.6. The van der Waals surface area contributed by atoms with Gasteiger partial charge in [0, 0.05) is 5.56 Å². The van der Waals surface area contributed by atoms with Gasteiger partial charge in [-0.15, -0.1) is 0 Å². The quantitative estimate of drug-likeness (QED) is 0.502. The molecule has 0 amide bonds. The van der Waals surface area contributed by atoms with Crippen LogP contribution in [0.5, 0.6) is 0 Å². The maximum Gasteiger partial charge on any atom is 0.416 e. The van der Waals surface area contributed by atoms with Gasteiger partial charge in [0.05, 0.1) is 16.8 Å². The van der Waals surface area contributed by atoms with Crippen LogP contribution in [0.4, 0.5) is 26.3 Å². The SMILES string of the molecule is FC(F)(F)c1cccc(-c2cc(C(F)(F)F)cc(Cl)n2)c1. The van der Waals surface area contributed by atoms with Gasteiger partial charge in [0.25, 0.3) is 0 Å². The van der Waals surface area contributed by atoms with E-state index in [0.717, 1.165) is 18.2 Å². The van der Waals surface area contributed by atoms with Crippen molar-refractivity contribution in [2.24, 2.45) is 0 Å². The lowest BCUT2D eigenvalue weighted by Gasteiger charge is -2.11. The summed E-state index contributed by atoms with van der Waals surface area (Å²) in [5.41, 5.74) is -2.43. The average molecular weight is 326 g/mol. The molecular weight excluding hydrogens is 320 g/mol. The van der Waals surface area contributed by atoms with Gasteiger partial charge in [0.1, 0.15) is 5.15 Å². The highest BCUT2D eigenvalue weighted by atomic mass is 35.5. The molecule has 1 heterocycles. The largest absolute Gasteiger partial charge is 0.416 e. The molecule has 21 heavy (non-hydrogen) atoms. The molecule has 1 nitrogen and oxygen atoms in total. The lowest BCUT2D eigenvalue weighted by Crippen LogP contribution is -2.07. The van der Waals surface area contributed by atoms with Crippen LogP contribution in [-0.4, -0.2) is 4.98 Å². The molecule has 0 spiro atoms. The summed E-state index contributed by atoms with van der Waals surface area (Å²) in [5, 5.41) is -0.447. The number of halogens is 7. The monoisotopic (exact) mass is 325 g/mol. The number of pyridine rings is 1. The van der Waals surface area contributed by atoms with Crippen molar-refractivity contribution in [1.82, 2.24) is 4.98 Å². The summed E-state index contributed by atoms with van der Waals surface area (Å²) in [6.07, 6.45) is -9.26. The maximum atomic E-state index is 12.7. The molecule has 0 bridgehead atoms. The summed E-state index contributed by atoms with van der Waals surface area (Å²) in [6, 6.07) is 5.12. The first-order chi connectivity index (χ1) is 9.57. The number of alkyl halides is 6. The third kappa shape index (κ3) is 3.66. The second-order valence-corrected chi connectivity index (χ2v) is 4.53. The molecule has 0 saturated carbocycles. The Bertz CT molecular complexity index is 662. The van der Waals surface area contributed by atoms with E-state index in [9.17, 15) is 26.3 Å². The molecule has 0 aliphatic carbocycles. The number of benzene rings is 1. The predicted molar refractivity (Wildman–Crippen MR) is 64.7 cm³/mol. The third-order valence-electron chi connectivity index (χ3n) is 2.61. The Labute approximate surface area is 120 Å². The second kappa shape index (κ2) is 5.22. The highest BCUT2D eigenvalue weighted by molar-refractivity contribution is 6.29. The van der Waals surface area contributed by atoms with Crippen molar-refractivity contribution >= 4 is 11.6 Å². The zero-order chi connectivity index (χ0) is 15.8. The summed E-state index contributed by atoms with van der Waals surface area (Å²) >= 11 is 5.50. The van der Waals surface area contributed by atoms with Gasteiger partial charge in [-0.1, -0.05) is 23.7 Å². The summed E-state index contributed by atoms with van der Waals surface area (Å²) < 4.78 is 75.8. The Kier molecular flexibility index (Phi) is 3.88. The van der Waals surface area contributed by atoms with Gasteiger partial charge in [-0.25, -0.2) is 4.98 Å². The van der Waals surface area contributed by atoms with Crippen LogP contribution in [0.15, 0.2) is 36.4 Å². The molecule has 0 radical (unpaired) electrons. The zero-order valence-electron chi connectivity index (χ0n) is 10.1. The Morgan fingerprint density at radius 1 is 0.810 bits per heavy atom. The van der Waals surface area contributed by atoms with E-state index < -0.39 is 28.6 Å². The zero-order valence-corrected chi connectivity index (χ0v) is 10.8. The van der Waals surface area contributed by atoms with Crippen molar-refractivity contribution in [3.05, 3.63) is 52.7 Å². The lowest BCUT2D eigenvalue weighted by atomic mass is 10.1. The summed E-state index contributed by atoms with van der Waals surface area (Å²) in [5.74, 6) is 0. The van der Waals surface area contributed by atoms with E-state index >= 15 is 0 Å². The van der Waals surface area contributed by atoms with Crippen molar-refractivity contribution in [1.29, 1.82) is 0 Å². The van der Waals surface area contributed by atoms with Crippen LogP contribution in [-0.2, 0) is 12.4 Å². The highest BCUT2D eigenvalue weighted by Crippen LogP contribution is 2.35. The fourth-order valence-corrected chi connectivity index (χ4v) is 1.87. The molecule has 0 fully saturated rings. The minimum atomic E-state index is -4.66. The highest BCUT2D eigenvalue weighted by Gasteiger charge is 2.33. The van der Waals surface area contributed by atoms with Gasteiger partial charge < -0.3 is 0 Å². The van der Waals surface area contributed by atoms with E-state index in [1.54, 1.807) is 0 Å². The average Bonchev–Trinajstić information content (AvgIpc) is 2.36. The number of hydrogen-bond donors (Lipinski definition) is 0. The van der Waals surface area contributed by atoms with Gasteiger partial charge in [-0.2, -0.15) is 26.3 Å². The van der Waals surface area contributed by atoms with Crippen LogP contribution in [0.25, 0.3) is 11.3 Å². The molecule has 0 saturated heterocycles. The molecule has 1 aromatic carbocycles. The van der Waals surface area contributed by atoms with E-state index in [-0.39, 0.29) is 11.3 Å². The topological polar surface area (TPSA) is 12.9 Å². The fourth-order valence-electron chi connectivity index (χ4n) is 1.66. The van der Waals surface area contributed by atoms with Gasteiger partial charge in [-0.3, -0.25) is 0 Å². The molecule has 0 atom stereocenters. The van der Waals surface area contributed by atoms with Crippen LogP contribution >= 0.6 is 11.6 Å². The molecule has 8 heteroatoms. The molecule has 2 rings (SSSR count). The molecule has 0 unspecified atom stereocenters. The van der Waals surface area contributed by atoms with E-state index in [0.29, 0.717) is 12.1 Å². The standard InChI is InChI=1S/C13H6ClF6N/c14-11-6-9(13(18,19)20)5-10(21-11)7-2-1-3-8(4-7)12(15,16)17/h1-6H. The van der Waals surface area contributed by atoms with Crippen molar-refractivity contribution < 1.29 is 26.3 Å². The minimum Gasteiger partial charge on any atom is -0.236 e. The second-order valence-electron chi connectivity index (χ2n) is 4.14. The van der Waals surface area contributed by atoms with Crippen LogP contribution in [0.2, 0.25) is 5.15 Å². The number of rotatable bonds is 1. The third-order valence-corrected chi connectivity index (χ3v) is 2.80. The van der Waals surface area contributed by atoms with Crippen molar-refractivity contribution in [2.45, 2.75) is 12.4 Å². The molecule has 0 N–H and O–H groups in total. The Balaban J connectivity index is 2.55. The van der Waals surface area contributed by atoms with E-state index in [1.165, 1.54) is 6.07 Å². The summed E-state index contributed by atoms with van der Waals surface area (Å²) in [6.45, 7) is 0. The normalized spacial score (nSPS) is 12.5. The smallest absolute Gasteiger partial charge is 0.236 e. The predicted octanol–water partition coefficient (Wildman–Crippen LogP) is 5.44. The van der Waals surface area contributed by atoms with Gasteiger partial charge in [0.2, 0.25) is 0 Å². The van der Waals surface area contributed by atoms with Crippen molar-refractivity contribution in [2.75, 3.05) is 0 Å². The van der Waals surface area contributed by atoms with Gasteiger partial charge in [-0.05, 0) is 24.3 Å². The number of nitrogens with zero attached hydrogens (tertiary/aromatic N) is 1. The van der Waals surface area contributed by atoms with Crippen molar-refractivity contribution in [3.63, 3.8) is 0 Å². The molecule has 1 aromatic heterocycles. The lowest BCUT2D eigenvalue weighted by molar-refractivity contribution is -0.138. The Morgan fingerprint density at radius 2 is 1.43 bits per heavy atom.